The lowest BCUT2D eigenvalue weighted by Crippen LogP contribution is -2.50. The van der Waals surface area contributed by atoms with Crippen molar-refractivity contribution >= 4 is 47.4 Å². The first kappa shape index (κ1) is 26.2. The average Bonchev–Trinajstić information content (AvgIpc) is 2.73. The van der Waals surface area contributed by atoms with E-state index in [0.717, 1.165) is 24.3 Å². The summed E-state index contributed by atoms with van der Waals surface area (Å²) in [5, 5.41) is 2.23. The first-order chi connectivity index (χ1) is 14.7. The summed E-state index contributed by atoms with van der Waals surface area (Å²) in [5.41, 5.74) is -0.274. The number of amides is 2. The Morgan fingerprint density at radius 2 is 1.28 bits per heavy atom. The second kappa shape index (κ2) is 11.2. The fraction of sp³-hybridized carbons (Fsp3) is 0.300. The van der Waals surface area contributed by atoms with E-state index < -0.39 is 35.1 Å². The van der Waals surface area contributed by atoms with Crippen LogP contribution in [-0.4, -0.2) is 60.9 Å². The second-order valence-electron chi connectivity index (χ2n) is 6.88. The van der Waals surface area contributed by atoms with E-state index in [1.165, 1.54) is 4.90 Å². The molecule has 1 fully saturated rings. The van der Waals surface area contributed by atoms with Gasteiger partial charge in [-0.3, -0.25) is 14.5 Å². The van der Waals surface area contributed by atoms with Crippen molar-refractivity contribution in [2.24, 2.45) is 0 Å². The molecule has 5 nitrogen and oxygen atoms in total. The third kappa shape index (κ3) is 6.04. The molecule has 2 amide bonds. The van der Waals surface area contributed by atoms with Crippen LogP contribution in [0, 0.1) is 23.3 Å². The molecule has 3 rings (SSSR count). The smallest absolute Gasteiger partial charge is 0.255 e. The van der Waals surface area contributed by atoms with Crippen LogP contribution >= 0.6 is 35.6 Å². The Morgan fingerprint density at radius 3 is 1.84 bits per heavy atom. The Hall–Kier alpha value is -2.07. The number of hydrogen-bond acceptors (Lipinski definition) is 3. The molecular weight excluding hydrogens is 497 g/mol. The molecule has 0 bridgehead atoms. The van der Waals surface area contributed by atoms with Crippen LogP contribution in [-0.2, 0) is 0 Å². The minimum absolute atomic E-state index is 0. The number of hydrogen-bond donors (Lipinski definition) is 1. The standard InChI is InChI=1S/C20H17Cl2F4N3O2.ClH/c21-13-9-17(25)15(23)7-11(13)19(30)27-1-2-28-3-5-29(6-4-28)20(31)12-8-16(24)18(26)10-14(12)22;/h7-10H,1-6H2,(H,27,30);1H. The Balaban J connectivity index is 0.00000363. The normalized spacial score (nSPS) is 14.1. The first-order valence-corrected chi connectivity index (χ1v) is 10.0. The van der Waals surface area contributed by atoms with Gasteiger partial charge < -0.3 is 10.2 Å². The lowest BCUT2D eigenvalue weighted by Gasteiger charge is -2.34. The number of halogens is 7. The number of carbonyl (C=O) groups excluding carboxylic acids is 2. The van der Waals surface area contributed by atoms with Gasteiger partial charge in [0.2, 0.25) is 0 Å². The molecule has 32 heavy (non-hydrogen) atoms. The van der Waals surface area contributed by atoms with Gasteiger partial charge in [-0.05, 0) is 24.3 Å². The number of nitrogens with zero attached hydrogens (tertiary/aromatic N) is 2. The SMILES string of the molecule is Cl.O=C(NCCN1CCN(C(=O)c2cc(F)c(F)cc2Cl)CC1)c1cc(F)c(F)cc1Cl. The molecule has 1 saturated heterocycles. The Morgan fingerprint density at radius 1 is 0.812 bits per heavy atom. The second-order valence-corrected chi connectivity index (χ2v) is 7.70. The molecule has 0 radical (unpaired) electrons. The maximum absolute atomic E-state index is 13.4. The number of carbonyl (C=O) groups is 2. The molecule has 0 saturated carbocycles. The van der Waals surface area contributed by atoms with Gasteiger partial charge >= 0.3 is 0 Å². The van der Waals surface area contributed by atoms with Crippen LogP contribution < -0.4 is 5.32 Å². The van der Waals surface area contributed by atoms with Crippen molar-refractivity contribution in [2.45, 2.75) is 0 Å². The van der Waals surface area contributed by atoms with E-state index in [1.807, 2.05) is 4.90 Å². The van der Waals surface area contributed by atoms with Crippen molar-refractivity contribution in [2.75, 3.05) is 39.3 Å². The summed E-state index contributed by atoms with van der Waals surface area (Å²) in [6.07, 6.45) is 0. The monoisotopic (exact) mass is 513 g/mol. The van der Waals surface area contributed by atoms with Crippen molar-refractivity contribution in [3.63, 3.8) is 0 Å². The maximum atomic E-state index is 13.4. The van der Waals surface area contributed by atoms with Crippen molar-refractivity contribution < 1.29 is 27.2 Å². The maximum Gasteiger partial charge on any atom is 0.255 e. The van der Waals surface area contributed by atoms with Gasteiger partial charge in [-0.1, -0.05) is 23.2 Å². The minimum atomic E-state index is -1.17. The fourth-order valence-electron chi connectivity index (χ4n) is 3.15. The molecule has 1 aliphatic heterocycles. The zero-order valence-electron chi connectivity index (χ0n) is 16.4. The molecule has 1 N–H and O–H groups in total. The highest BCUT2D eigenvalue weighted by Crippen LogP contribution is 2.22. The molecule has 2 aromatic rings. The van der Waals surface area contributed by atoms with E-state index in [9.17, 15) is 27.2 Å². The predicted molar refractivity (Wildman–Crippen MR) is 115 cm³/mol. The summed E-state index contributed by atoms with van der Waals surface area (Å²) in [7, 11) is 0. The van der Waals surface area contributed by atoms with Crippen LogP contribution in [0.5, 0.6) is 0 Å². The highest BCUT2D eigenvalue weighted by Gasteiger charge is 2.25. The van der Waals surface area contributed by atoms with Gasteiger partial charge in [0.1, 0.15) is 0 Å². The lowest BCUT2D eigenvalue weighted by molar-refractivity contribution is 0.0637. The molecule has 2 aromatic carbocycles. The van der Waals surface area contributed by atoms with E-state index in [2.05, 4.69) is 5.32 Å². The third-order valence-electron chi connectivity index (χ3n) is 4.87. The highest BCUT2D eigenvalue weighted by molar-refractivity contribution is 6.34. The van der Waals surface area contributed by atoms with Gasteiger partial charge in [-0.15, -0.1) is 12.4 Å². The number of benzene rings is 2. The Kier molecular flexibility index (Phi) is 9.15. The van der Waals surface area contributed by atoms with Crippen molar-refractivity contribution in [1.82, 2.24) is 15.1 Å². The number of piperazine rings is 1. The van der Waals surface area contributed by atoms with Crippen LogP contribution in [0.1, 0.15) is 20.7 Å². The third-order valence-corrected chi connectivity index (χ3v) is 5.49. The van der Waals surface area contributed by atoms with Crippen molar-refractivity contribution in [3.05, 3.63) is 68.7 Å². The first-order valence-electron chi connectivity index (χ1n) is 9.26. The summed E-state index contributed by atoms with van der Waals surface area (Å²) in [6, 6.07) is 3.02. The van der Waals surface area contributed by atoms with Crippen LogP contribution in [0.2, 0.25) is 10.0 Å². The molecule has 1 heterocycles. The van der Waals surface area contributed by atoms with E-state index in [-0.39, 0.29) is 40.1 Å². The molecule has 0 atom stereocenters. The quantitative estimate of drug-likeness (QED) is 0.482. The zero-order valence-corrected chi connectivity index (χ0v) is 18.8. The largest absolute Gasteiger partial charge is 0.351 e. The minimum Gasteiger partial charge on any atom is -0.351 e. The van der Waals surface area contributed by atoms with Gasteiger partial charge in [0.15, 0.2) is 23.3 Å². The summed E-state index contributed by atoms with van der Waals surface area (Å²) in [4.78, 5) is 28.1. The number of rotatable bonds is 5. The van der Waals surface area contributed by atoms with Crippen molar-refractivity contribution in [3.8, 4) is 0 Å². The van der Waals surface area contributed by atoms with Crippen LogP contribution in [0.15, 0.2) is 24.3 Å². The summed E-state index contributed by atoms with van der Waals surface area (Å²) in [5.74, 6) is -5.72. The van der Waals surface area contributed by atoms with Gasteiger partial charge in [0, 0.05) is 39.3 Å². The average molecular weight is 515 g/mol. The molecule has 0 spiro atoms. The summed E-state index contributed by atoms with van der Waals surface area (Å²) < 4.78 is 53.1. The topological polar surface area (TPSA) is 52.7 Å². The van der Waals surface area contributed by atoms with E-state index >= 15 is 0 Å². The molecule has 0 unspecified atom stereocenters. The summed E-state index contributed by atoms with van der Waals surface area (Å²) >= 11 is 11.6. The molecule has 0 aromatic heterocycles. The predicted octanol–water partition coefficient (Wildman–Crippen LogP) is 4.16. The molecular formula is C20H18Cl3F4N3O2. The molecule has 12 heteroatoms. The van der Waals surface area contributed by atoms with Crippen molar-refractivity contribution in [1.29, 1.82) is 0 Å². The van der Waals surface area contributed by atoms with Gasteiger partial charge in [0.05, 0.1) is 21.2 Å². The van der Waals surface area contributed by atoms with Gasteiger partial charge in [-0.25, -0.2) is 17.6 Å². The van der Waals surface area contributed by atoms with E-state index in [1.54, 1.807) is 0 Å². The Labute approximate surface area is 197 Å². The lowest BCUT2D eigenvalue weighted by atomic mass is 10.1. The highest BCUT2D eigenvalue weighted by atomic mass is 35.5. The number of nitrogens with one attached hydrogen (secondary N) is 1. The molecule has 0 aliphatic carbocycles. The molecule has 1 aliphatic rings. The fourth-order valence-corrected chi connectivity index (χ4v) is 3.62. The molecule has 174 valence electrons. The van der Waals surface area contributed by atoms with Crippen LogP contribution in [0.25, 0.3) is 0 Å². The summed E-state index contributed by atoms with van der Waals surface area (Å²) in [6.45, 7) is 2.29. The van der Waals surface area contributed by atoms with Gasteiger partial charge in [0.25, 0.3) is 11.8 Å². The zero-order chi connectivity index (χ0) is 22.7. The Bertz CT molecular complexity index is 1020. The van der Waals surface area contributed by atoms with Crippen LogP contribution in [0.4, 0.5) is 17.6 Å². The van der Waals surface area contributed by atoms with E-state index in [4.69, 9.17) is 23.2 Å². The van der Waals surface area contributed by atoms with Crippen LogP contribution in [0.3, 0.4) is 0 Å². The van der Waals surface area contributed by atoms with E-state index in [0.29, 0.717) is 32.7 Å². The van der Waals surface area contributed by atoms with Gasteiger partial charge in [-0.2, -0.15) is 0 Å².